The predicted octanol–water partition coefficient (Wildman–Crippen LogP) is 2.42. The smallest absolute Gasteiger partial charge is 0.191 e. The topological polar surface area (TPSA) is 58.1 Å². The van der Waals surface area contributed by atoms with Crippen LogP contribution in [0.15, 0.2) is 23.2 Å². The Morgan fingerprint density at radius 1 is 1.30 bits per heavy atom. The summed E-state index contributed by atoms with van der Waals surface area (Å²) >= 11 is 0. The SMILES string of the molecule is CCCN1CCC(CNC(=NC)NCc2ccc(C)cc2OCCOC)C1. The van der Waals surface area contributed by atoms with Gasteiger partial charge in [-0.15, -0.1) is 0 Å². The van der Waals surface area contributed by atoms with Crippen LogP contribution in [0.4, 0.5) is 0 Å². The van der Waals surface area contributed by atoms with Gasteiger partial charge >= 0.3 is 0 Å². The molecule has 0 aliphatic carbocycles. The van der Waals surface area contributed by atoms with E-state index in [-0.39, 0.29) is 0 Å². The second-order valence-corrected chi connectivity index (χ2v) is 7.21. The Morgan fingerprint density at radius 2 is 2.15 bits per heavy atom. The van der Waals surface area contributed by atoms with Gasteiger partial charge in [0.05, 0.1) is 6.61 Å². The molecule has 0 saturated carbocycles. The largest absolute Gasteiger partial charge is 0.491 e. The molecule has 27 heavy (non-hydrogen) atoms. The summed E-state index contributed by atoms with van der Waals surface area (Å²) in [4.78, 5) is 6.92. The summed E-state index contributed by atoms with van der Waals surface area (Å²) in [6, 6.07) is 6.29. The number of likely N-dealkylation sites (tertiary alicyclic amines) is 1. The molecule has 1 heterocycles. The molecule has 1 fully saturated rings. The van der Waals surface area contributed by atoms with Crippen molar-refractivity contribution in [3.8, 4) is 5.75 Å². The molecule has 1 aromatic carbocycles. The lowest BCUT2D eigenvalue weighted by Gasteiger charge is -2.18. The Morgan fingerprint density at radius 3 is 2.89 bits per heavy atom. The van der Waals surface area contributed by atoms with Crippen molar-refractivity contribution in [3.63, 3.8) is 0 Å². The number of rotatable bonds is 10. The van der Waals surface area contributed by atoms with E-state index in [1.165, 1.54) is 38.0 Å². The monoisotopic (exact) mass is 376 g/mol. The highest BCUT2D eigenvalue weighted by atomic mass is 16.5. The summed E-state index contributed by atoms with van der Waals surface area (Å²) in [5, 5.41) is 6.89. The van der Waals surface area contributed by atoms with Crippen LogP contribution in [-0.4, -0.2) is 64.4 Å². The summed E-state index contributed by atoms with van der Waals surface area (Å²) in [6.45, 7) is 10.7. The van der Waals surface area contributed by atoms with Crippen molar-refractivity contribution in [3.05, 3.63) is 29.3 Å². The van der Waals surface area contributed by atoms with Gasteiger partial charge in [-0.2, -0.15) is 0 Å². The van der Waals surface area contributed by atoms with Crippen molar-refractivity contribution in [1.82, 2.24) is 15.5 Å². The summed E-state index contributed by atoms with van der Waals surface area (Å²) < 4.78 is 10.9. The van der Waals surface area contributed by atoms with Crippen molar-refractivity contribution in [1.29, 1.82) is 0 Å². The molecule has 6 heteroatoms. The first-order valence-corrected chi connectivity index (χ1v) is 10.0. The van der Waals surface area contributed by atoms with Gasteiger partial charge < -0.3 is 25.0 Å². The first kappa shape index (κ1) is 21.5. The third-order valence-electron chi connectivity index (χ3n) is 4.91. The van der Waals surface area contributed by atoms with Crippen LogP contribution in [0.3, 0.4) is 0 Å². The number of aliphatic imine (C=N–C) groups is 1. The fourth-order valence-electron chi connectivity index (χ4n) is 3.42. The molecule has 1 unspecified atom stereocenters. The lowest BCUT2D eigenvalue weighted by atomic mass is 10.1. The number of benzene rings is 1. The number of nitrogens with zero attached hydrogens (tertiary/aromatic N) is 2. The molecule has 1 saturated heterocycles. The van der Waals surface area contributed by atoms with Crippen molar-refractivity contribution in [2.75, 3.05) is 53.6 Å². The molecule has 1 aromatic rings. The molecular weight excluding hydrogens is 340 g/mol. The average Bonchev–Trinajstić information content (AvgIpc) is 3.11. The molecule has 6 nitrogen and oxygen atoms in total. The molecule has 1 atom stereocenters. The van der Waals surface area contributed by atoms with Crippen molar-refractivity contribution >= 4 is 5.96 Å². The Bertz CT molecular complexity index is 592. The number of aryl methyl sites for hydroxylation is 1. The molecule has 152 valence electrons. The Balaban J connectivity index is 1.81. The second kappa shape index (κ2) is 11.8. The number of ether oxygens (including phenoxy) is 2. The van der Waals surface area contributed by atoms with Crippen molar-refractivity contribution in [2.24, 2.45) is 10.9 Å². The lowest BCUT2D eigenvalue weighted by molar-refractivity contribution is 0.145. The van der Waals surface area contributed by atoms with E-state index < -0.39 is 0 Å². The number of hydrogen-bond acceptors (Lipinski definition) is 4. The van der Waals surface area contributed by atoms with Gasteiger partial charge in [0, 0.05) is 39.4 Å². The van der Waals surface area contributed by atoms with Crippen LogP contribution in [0.25, 0.3) is 0 Å². The quantitative estimate of drug-likeness (QED) is 0.373. The highest BCUT2D eigenvalue weighted by Gasteiger charge is 2.21. The zero-order valence-corrected chi connectivity index (χ0v) is 17.4. The first-order chi connectivity index (χ1) is 13.2. The van der Waals surface area contributed by atoms with Crippen LogP contribution >= 0.6 is 0 Å². The first-order valence-electron chi connectivity index (χ1n) is 10.0. The fourth-order valence-corrected chi connectivity index (χ4v) is 3.42. The van der Waals surface area contributed by atoms with Crippen LogP contribution < -0.4 is 15.4 Å². The van der Waals surface area contributed by atoms with Gasteiger partial charge in [-0.3, -0.25) is 4.99 Å². The third-order valence-corrected chi connectivity index (χ3v) is 4.91. The number of hydrogen-bond donors (Lipinski definition) is 2. The van der Waals surface area contributed by atoms with E-state index in [4.69, 9.17) is 9.47 Å². The minimum Gasteiger partial charge on any atom is -0.491 e. The molecule has 1 aliphatic rings. The molecule has 0 bridgehead atoms. The van der Waals surface area contributed by atoms with E-state index >= 15 is 0 Å². The second-order valence-electron chi connectivity index (χ2n) is 7.21. The highest BCUT2D eigenvalue weighted by molar-refractivity contribution is 5.79. The molecule has 0 radical (unpaired) electrons. The molecule has 0 spiro atoms. The van der Waals surface area contributed by atoms with Crippen LogP contribution in [0.2, 0.25) is 0 Å². The fraction of sp³-hybridized carbons (Fsp3) is 0.667. The van der Waals surface area contributed by atoms with Gasteiger partial charge in [0.2, 0.25) is 0 Å². The van der Waals surface area contributed by atoms with E-state index in [1.807, 2.05) is 7.05 Å². The van der Waals surface area contributed by atoms with E-state index in [0.29, 0.717) is 25.7 Å². The van der Waals surface area contributed by atoms with Gasteiger partial charge in [0.25, 0.3) is 0 Å². The lowest BCUT2D eigenvalue weighted by Crippen LogP contribution is -2.40. The van der Waals surface area contributed by atoms with Gasteiger partial charge in [-0.05, 0) is 50.4 Å². The number of nitrogens with one attached hydrogen (secondary N) is 2. The molecular formula is C21H36N4O2. The predicted molar refractivity (Wildman–Crippen MR) is 112 cm³/mol. The van der Waals surface area contributed by atoms with Crippen molar-refractivity contribution < 1.29 is 9.47 Å². The molecule has 0 amide bonds. The Labute approximate surface area is 164 Å². The summed E-state index contributed by atoms with van der Waals surface area (Å²) in [6.07, 6.45) is 2.49. The Kier molecular flexibility index (Phi) is 9.42. The minimum atomic E-state index is 0.551. The van der Waals surface area contributed by atoms with Crippen LogP contribution in [-0.2, 0) is 11.3 Å². The minimum absolute atomic E-state index is 0.551. The molecule has 1 aliphatic heterocycles. The maximum atomic E-state index is 5.87. The van der Waals surface area contributed by atoms with Gasteiger partial charge in [0.15, 0.2) is 5.96 Å². The molecule has 0 aromatic heterocycles. The standard InChI is InChI=1S/C21H36N4O2/c1-5-9-25-10-8-18(16-25)14-23-21(22-3)24-15-19-7-6-17(2)13-20(19)27-12-11-26-4/h6-7,13,18H,5,8-12,14-16H2,1-4H3,(H2,22,23,24). The Hall–Kier alpha value is -1.79. The van der Waals surface area contributed by atoms with Gasteiger partial charge in [0.1, 0.15) is 12.4 Å². The summed E-state index contributed by atoms with van der Waals surface area (Å²) in [5.41, 5.74) is 2.31. The average molecular weight is 377 g/mol. The van der Waals surface area contributed by atoms with Crippen LogP contribution in [0, 0.1) is 12.8 Å². The van der Waals surface area contributed by atoms with Gasteiger partial charge in [-0.1, -0.05) is 19.1 Å². The zero-order valence-electron chi connectivity index (χ0n) is 17.4. The highest BCUT2D eigenvalue weighted by Crippen LogP contribution is 2.20. The van der Waals surface area contributed by atoms with Gasteiger partial charge in [-0.25, -0.2) is 0 Å². The maximum absolute atomic E-state index is 5.87. The van der Waals surface area contributed by atoms with E-state index in [9.17, 15) is 0 Å². The zero-order chi connectivity index (χ0) is 19.5. The van der Waals surface area contributed by atoms with E-state index in [1.54, 1.807) is 7.11 Å². The summed E-state index contributed by atoms with van der Waals surface area (Å²) in [7, 11) is 3.50. The van der Waals surface area contributed by atoms with Crippen LogP contribution in [0.5, 0.6) is 5.75 Å². The van der Waals surface area contributed by atoms with E-state index in [0.717, 1.165) is 23.8 Å². The number of methoxy groups -OCH3 is 1. The van der Waals surface area contributed by atoms with E-state index in [2.05, 4.69) is 52.6 Å². The summed E-state index contributed by atoms with van der Waals surface area (Å²) in [5.74, 6) is 2.44. The van der Waals surface area contributed by atoms with Crippen molar-refractivity contribution in [2.45, 2.75) is 33.2 Å². The molecule has 2 rings (SSSR count). The third kappa shape index (κ3) is 7.39. The maximum Gasteiger partial charge on any atom is 0.191 e. The molecule has 2 N–H and O–H groups in total. The van der Waals surface area contributed by atoms with Crippen LogP contribution in [0.1, 0.15) is 30.9 Å². The number of guanidine groups is 1. The normalized spacial score (nSPS) is 17.9.